The van der Waals surface area contributed by atoms with Crippen molar-refractivity contribution in [3.63, 3.8) is 0 Å². The summed E-state index contributed by atoms with van der Waals surface area (Å²) in [5, 5.41) is 3.10. The highest BCUT2D eigenvalue weighted by Crippen LogP contribution is 2.31. The van der Waals surface area contributed by atoms with Gasteiger partial charge in [-0.2, -0.15) is 0 Å². The maximum atomic E-state index is 11.9. The predicted octanol–water partition coefficient (Wildman–Crippen LogP) is 2.50. The number of nitrogens with one attached hydrogen (secondary N) is 1. The summed E-state index contributed by atoms with van der Waals surface area (Å²) in [5.74, 6) is 1.08. The Morgan fingerprint density at radius 1 is 1.44 bits per heavy atom. The Labute approximate surface area is 99.4 Å². The smallest absolute Gasteiger partial charge is 0.228 e. The highest BCUT2D eigenvalue weighted by Gasteiger charge is 2.29. The number of amides is 1. The third-order valence-corrected chi connectivity index (χ3v) is 3.27. The van der Waals surface area contributed by atoms with Crippen molar-refractivity contribution in [2.45, 2.75) is 26.2 Å². The van der Waals surface area contributed by atoms with Crippen LogP contribution in [0.25, 0.3) is 0 Å². The SMILES string of the molecule is CC1CCCC1C(=O)Nc1cnc(Cl)cn1. The van der Waals surface area contributed by atoms with Crippen LogP contribution in [0.4, 0.5) is 5.82 Å². The number of carbonyl (C=O) groups is 1. The summed E-state index contributed by atoms with van der Waals surface area (Å²) in [6.07, 6.45) is 6.12. The van der Waals surface area contributed by atoms with E-state index < -0.39 is 0 Å². The lowest BCUT2D eigenvalue weighted by atomic mass is 9.97. The molecule has 1 fully saturated rings. The Morgan fingerprint density at radius 3 is 2.81 bits per heavy atom. The molecule has 86 valence electrons. The normalized spacial score (nSPS) is 24.4. The van der Waals surface area contributed by atoms with Crippen LogP contribution < -0.4 is 5.32 Å². The molecular formula is C11H14ClN3O. The van der Waals surface area contributed by atoms with Crippen molar-refractivity contribution < 1.29 is 4.79 Å². The maximum Gasteiger partial charge on any atom is 0.228 e. The molecule has 16 heavy (non-hydrogen) atoms. The van der Waals surface area contributed by atoms with Gasteiger partial charge < -0.3 is 5.32 Å². The average Bonchev–Trinajstić information content (AvgIpc) is 2.68. The average molecular weight is 240 g/mol. The highest BCUT2D eigenvalue weighted by atomic mass is 35.5. The van der Waals surface area contributed by atoms with E-state index in [1.807, 2.05) is 0 Å². The van der Waals surface area contributed by atoms with Crippen LogP contribution in [-0.4, -0.2) is 15.9 Å². The molecule has 1 N–H and O–H groups in total. The van der Waals surface area contributed by atoms with Crippen molar-refractivity contribution in [2.75, 3.05) is 5.32 Å². The van der Waals surface area contributed by atoms with E-state index in [0.717, 1.165) is 19.3 Å². The van der Waals surface area contributed by atoms with Gasteiger partial charge in [-0.3, -0.25) is 4.79 Å². The lowest BCUT2D eigenvalue weighted by Gasteiger charge is -2.14. The maximum absolute atomic E-state index is 11.9. The molecule has 2 rings (SSSR count). The minimum absolute atomic E-state index is 0.0432. The summed E-state index contributed by atoms with van der Waals surface area (Å²) < 4.78 is 0. The van der Waals surface area contributed by atoms with Crippen LogP contribution in [0.5, 0.6) is 0 Å². The molecule has 1 aliphatic carbocycles. The number of anilines is 1. The van der Waals surface area contributed by atoms with Crippen LogP contribution in [-0.2, 0) is 4.79 Å². The van der Waals surface area contributed by atoms with Gasteiger partial charge in [0.1, 0.15) is 5.15 Å². The number of halogens is 1. The van der Waals surface area contributed by atoms with Crippen LogP contribution in [0.15, 0.2) is 12.4 Å². The molecule has 1 aromatic rings. The largest absolute Gasteiger partial charge is 0.309 e. The Morgan fingerprint density at radius 2 is 2.25 bits per heavy atom. The molecule has 2 atom stereocenters. The number of carbonyl (C=O) groups excluding carboxylic acids is 1. The van der Waals surface area contributed by atoms with E-state index in [0.29, 0.717) is 16.9 Å². The number of hydrogen-bond donors (Lipinski definition) is 1. The fourth-order valence-electron chi connectivity index (χ4n) is 2.13. The Bertz CT molecular complexity index is 379. The Kier molecular flexibility index (Phi) is 3.39. The molecule has 1 aliphatic rings. The minimum Gasteiger partial charge on any atom is -0.309 e. The zero-order valence-electron chi connectivity index (χ0n) is 9.11. The predicted molar refractivity (Wildman–Crippen MR) is 62.2 cm³/mol. The summed E-state index contributed by atoms with van der Waals surface area (Å²) in [5.41, 5.74) is 0. The van der Waals surface area contributed by atoms with E-state index in [1.165, 1.54) is 12.4 Å². The van der Waals surface area contributed by atoms with E-state index in [1.54, 1.807) is 0 Å². The molecule has 4 nitrogen and oxygen atoms in total. The molecule has 0 radical (unpaired) electrons. The van der Waals surface area contributed by atoms with Crippen molar-refractivity contribution in [3.8, 4) is 0 Å². The molecule has 0 aliphatic heterocycles. The monoisotopic (exact) mass is 239 g/mol. The van der Waals surface area contributed by atoms with Crippen LogP contribution in [0.2, 0.25) is 5.15 Å². The van der Waals surface area contributed by atoms with Gasteiger partial charge in [-0.05, 0) is 18.8 Å². The second-order valence-electron chi connectivity index (χ2n) is 4.23. The van der Waals surface area contributed by atoms with Crippen molar-refractivity contribution in [3.05, 3.63) is 17.5 Å². The summed E-state index contributed by atoms with van der Waals surface area (Å²) in [7, 11) is 0. The zero-order chi connectivity index (χ0) is 11.5. The first-order chi connectivity index (χ1) is 7.66. The highest BCUT2D eigenvalue weighted by molar-refractivity contribution is 6.29. The van der Waals surface area contributed by atoms with Gasteiger partial charge in [0.25, 0.3) is 0 Å². The summed E-state index contributed by atoms with van der Waals surface area (Å²) in [6.45, 7) is 2.12. The molecular weight excluding hydrogens is 226 g/mol. The van der Waals surface area contributed by atoms with E-state index in [2.05, 4.69) is 22.2 Å². The lowest BCUT2D eigenvalue weighted by Crippen LogP contribution is -2.25. The third-order valence-electron chi connectivity index (χ3n) is 3.07. The van der Waals surface area contributed by atoms with E-state index in [9.17, 15) is 4.79 Å². The topological polar surface area (TPSA) is 54.9 Å². The fourth-order valence-corrected chi connectivity index (χ4v) is 2.23. The van der Waals surface area contributed by atoms with Crippen molar-refractivity contribution in [2.24, 2.45) is 11.8 Å². The molecule has 5 heteroatoms. The second-order valence-corrected chi connectivity index (χ2v) is 4.62. The fraction of sp³-hybridized carbons (Fsp3) is 0.545. The first-order valence-corrected chi connectivity index (χ1v) is 5.83. The molecule has 1 saturated carbocycles. The zero-order valence-corrected chi connectivity index (χ0v) is 9.87. The molecule has 0 saturated heterocycles. The standard InChI is InChI=1S/C11H14ClN3O/c1-7-3-2-4-8(7)11(16)15-10-6-13-9(12)5-14-10/h5-8H,2-4H2,1H3,(H,14,15,16). The summed E-state index contributed by atoms with van der Waals surface area (Å²) in [6, 6.07) is 0. The summed E-state index contributed by atoms with van der Waals surface area (Å²) >= 11 is 5.61. The van der Waals surface area contributed by atoms with Crippen molar-refractivity contribution in [1.82, 2.24) is 9.97 Å². The number of aromatic nitrogens is 2. The third kappa shape index (κ3) is 2.50. The van der Waals surface area contributed by atoms with Crippen LogP contribution in [0.1, 0.15) is 26.2 Å². The van der Waals surface area contributed by atoms with E-state index in [-0.39, 0.29) is 11.8 Å². The van der Waals surface area contributed by atoms with Gasteiger partial charge >= 0.3 is 0 Å². The van der Waals surface area contributed by atoms with Crippen LogP contribution in [0.3, 0.4) is 0 Å². The first kappa shape index (κ1) is 11.3. The molecule has 0 aromatic carbocycles. The molecule has 1 aromatic heterocycles. The van der Waals surface area contributed by atoms with Gasteiger partial charge in [-0.15, -0.1) is 0 Å². The van der Waals surface area contributed by atoms with Gasteiger partial charge in [0.2, 0.25) is 5.91 Å². The van der Waals surface area contributed by atoms with Crippen molar-refractivity contribution >= 4 is 23.3 Å². The molecule has 2 unspecified atom stereocenters. The summed E-state index contributed by atoms with van der Waals surface area (Å²) in [4.78, 5) is 19.8. The van der Waals surface area contributed by atoms with Gasteiger partial charge in [0.05, 0.1) is 12.4 Å². The molecule has 1 heterocycles. The van der Waals surface area contributed by atoms with Gasteiger partial charge in [-0.1, -0.05) is 24.9 Å². The Balaban J connectivity index is 1.99. The van der Waals surface area contributed by atoms with Gasteiger partial charge in [0, 0.05) is 5.92 Å². The first-order valence-electron chi connectivity index (χ1n) is 5.45. The van der Waals surface area contributed by atoms with Gasteiger partial charge in [0.15, 0.2) is 5.82 Å². The quantitative estimate of drug-likeness (QED) is 0.863. The molecule has 1 amide bonds. The number of rotatable bonds is 2. The van der Waals surface area contributed by atoms with Crippen molar-refractivity contribution in [1.29, 1.82) is 0 Å². The Hall–Kier alpha value is -1.16. The van der Waals surface area contributed by atoms with Crippen LogP contribution >= 0.6 is 11.6 Å². The van der Waals surface area contributed by atoms with E-state index >= 15 is 0 Å². The molecule has 0 spiro atoms. The number of nitrogens with zero attached hydrogens (tertiary/aromatic N) is 2. The minimum atomic E-state index is 0.0432. The lowest BCUT2D eigenvalue weighted by molar-refractivity contribution is -0.120. The van der Waals surface area contributed by atoms with Crippen LogP contribution in [0, 0.1) is 11.8 Å². The van der Waals surface area contributed by atoms with E-state index in [4.69, 9.17) is 11.6 Å². The van der Waals surface area contributed by atoms with Gasteiger partial charge in [-0.25, -0.2) is 9.97 Å². The molecule has 0 bridgehead atoms. The second kappa shape index (κ2) is 4.78. The number of hydrogen-bond acceptors (Lipinski definition) is 3.